The fourth-order valence-corrected chi connectivity index (χ4v) is 4.58. The van der Waals surface area contributed by atoms with Crippen molar-refractivity contribution in [1.82, 2.24) is 19.7 Å². The van der Waals surface area contributed by atoms with Crippen LogP contribution in [0.3, 0.4) is 0 Å². The van der Waals surface area contributed by atoms with Crippen molar-refractivity contribution < 1.29 is 26.3 Å². The average molecular weight is 446 g/mol. The first kappa shape index (κ1) is 22.1. The monoisotopic (exact) mass is 446 g/mol. The van der Waals surface area contributed by atoms with Gasteiger partial charge in [-0.25, -0.2) is 9.67 Å². The largest absolute Gasteiger partial charge is 0.416 e. The van der Waals surface area contributed by atoms with E-state index in [9.17, 15) is 26.3 Å². The second kappa shape index (κ2) is 8.44. The molecule has 1 aliphatic carbocycles. The predicted octanol–water partition coefficient (Wildman–Crippen LogP) is 5.72. The molecule has 10 heteroatoms. The van der Waals surface area contributed by atoms with E-state index in [4.69, 9.17) is 0 Å². The molecule has 0 bridgehead atoms. The predicted molar refractivity (Wildman–Crippen MR) is 102 cm³/mol. The molecule has 4 rings (SSSR count). The molecule has 1 saturated heterocycles. The van der Waals surface area contributed by atoms with Crippen LogP contribution in [0, 0.1) is 5.92 Å². The Morgan fingerprint density at radius 1 is 0.968 bits per heavy atom. The van der Waals surface area contributed by atoms with Gasteiger partial charge in [-0.15, -0.1) is 0 Å². The van der Waals surface area contributed by atoms with Gasteiger partial charge >= 0.3 is 12.4 Å². The van der Waals surface area contributed by atoms with Crippen molar-refractivity contribution in [1.29, 1.82) is 0 Å². The highest BCUT2D eigenvalue weighted by Gasteiger charge is 2.41. The molecule has 0 amide bonds. The van der Waals surface area contributed by atoms with Gasteiger partial charge in [0.25, 0.3) is 0 Å². The summed E-state index contributed by atoms with van der Waals surface area (Å²) in [5.41, 5.74) is 0.886. The zero-order chi connectivity index (χ0) is 22.2. The third-order valence-electron chi connectivity index (χ3n) is 6.32. The molecule has 0 aromatic carbocycles. The Labute approximate surface area is 176 Å². The van der Waals surface area contributed by atoms with E-state index in [1.807, 2.05) is 4.90 Å². The maximum Gasteiger partial charge on any atom is 0.416 e. The van der Waals surface area contributed by atoms with Gasteiger partial charge in [0.05, 0.1) is 17.2 Å². The van der Waals surface area contributed by atoms with Crippen LogP contribution < -0.4 is 0 Å². The van der Waals surface area contributed by atoms with Gasteiger partial charge in [-0.2, -0.15) is 31.4 Å². The third kappa shape index (κ3) is 5.05. The number of aromatic nitrogens is 3. The fourth-order valence-electron chi connectivity index (χ4n) is 4.58. The lowest BCUT2D eigenvalue weighted by atomic mass is 9.95. The number of likely N-dealkylation sites (tertiary alicyclic amines) is 1. The molecule has 2 aromatic heterocycles. The quantitative estimate of drug-likeness (QED) is 0.564. The molecule has 1 aliphatic heterocycles. The minimum atomic E-state index is -4.48. The van der Waals surface area contributed by atoms with Gasteiger partial charge in [0, 0.05) is 30.4 Å². The number of alkyl halides is 6. The summed E-state index contributed by atoms with van der Waals surface area (Å²) in [5, 5.41) is 4.59. The van der Waals surface area contributed by atoms with Crippen LogP contribution in [0.5, 0.6) is 0 Å². The van der Waals surface area contributed by atoms with Crippen molar-refractivity contribution in [2.45, 2.75) is 63.3 Å². The molecular weight excluding hydrogens is 422 g/mol. The van der Waals surface area contributed by atoms with Gasteiger partial charge in [-0.1, -0.05) is 12.8 Å². The van der Waals surface area contributed by atoms with Crippen molar-refractivity contribution in [2.75, 3.05) is 13.1 Å². The van der Waals surface area contributed by atoms with Crippen LogP contribution in [0.25, 0.3) is 5.82 Å². The summed E-state index contributed by atoms with van der Waals surface area (Å²) in [5.74, 6) is -0.971. The number of hydrogen-bond donors (Lipinski definition) is 0. The van der Waals surface area contributed by atoms with Gasteiger partial charge in [-0.3, -0.25) is 4.90 Å². The number of halogens is 6. The van der Waals surface area contributed by atoms with Crippen LogP contribution in [0.1, 0.15) is 61.3 Å². The molecule has 2 fully saturated rings. The number of rotatable bonds is 4. The Hall–Kier alpha value is -2.10. The highest BCUT2D eigenvalue weighted by Crippen LogP contribution is 2.38. The lowest BCUT2D eigenvalue weighted by molar-refractivity contribution is -0.185. The van der Waals surface area contributed by atoms with Crippen LogP contribution in [-0.2, 0) is 12.7 Å². The molecule has 1 saturated carbocycles. The van der Waals surface area contributed by atoms with E-state index in [-0.39, 0.29) is 24.6 Å². The topological polar surface area (TPSA) is 34.0 Å². The summed E-state index contributed by atoms with van der Waals surface area (Å²) in [6, 6.07) is 1.88. The summed E-state index contributed by atoms with van der Waals surface area (Å²) in [7, 11) is 0. The first-order chi connectivity index (χ1) is 14.6. The Balaban J connectivity index is 1.57. The van der Waals surface area contributed by atoms with Crippen molar-refractivity contribution >= 4 is 0 Å². The highest BCUT2D eigenvalue weighted by molar-refractivity contribution is 5.32. The Morgan fingerprint density at radius 3 is 2.26 bits per heavy atom. The standard InChI is InChI=1S/C21H24F6N4/c22-20(23,24)16-6-9-30(10-7-16)12-15-13-31(29-19(15)14-3-1-2-4-14)18-11-17(5-8-28-18)21(25,26)27/h5,8,11,13-14,16H,1-4,6-7,9-10,12H2. The lowest BCUT2D eigenvalue weighted by Gasteiger charge is -2.32. The first-order valence-corrected chi connectivity index (χ1v) is 10.5. The Bertz CT molecular complexity index is 890. The zero-order valence-electron chi connectivity index (χ0n) is 16.9. The third-order valence-corrected chi connectivity index (χ3v) is 6.32. The molecule has 4 nitrogen and oxygen atoms in total. The Kier molecular flexibility index (Phi) is 6.02. The normalized spacial score (nSPS) is 19.9. The number of piperidine rings is 1. The molecule has 0 N–H and O–H groups in total. The van der Waals surface area contributed by atoms with Crippen LogP contribution in [0.15, 0.2) is 24.5 Å². The molecular formula is C21H24F6N4. The van der Waals surface area contributed by atoms with E-state index in [1.54, 1.807) is 6.20 Å². The Morgan fingerprint density at radius 2 is 1.65 bits per heavy atom. The highest BCUT2D eigenvalue weighted by atomic mass is 19.4. The molecule has 0 atom stereocenters. The van der Waals surface area contributed by atoms with Crippen molar-refractivity contribution in [3.8, 4) is 5.82 Å². The molecule has 2 aromatic rings. The first-order valence-electron chi connectivity index (χ1n) is 10.5. The molecule has 0 unspecified atom stereocenters. The van der Waals surface area contributed by atoms with E-state index in [0.717, 1.165) is 55.3 Å². The number of nitrogens with zero attached hydrogens (tertiary/aromatic N) is 4. The zero-order valence-corrected chi connectivity index (χ0v) is 16.9. The molecule has 3 heterocycles. The van der Waals surface area contributed by atoms with Crippen molar-refractivity contribution in [3.63, 3.8) is 0 Å². The molecule has 0 spiro atoms. The molecule has 0 radical (unpaired) electrons. The second-order valence-electron chi connectivity index (χ2n) is 8.46. The van der Waals surface area contributed by atoms with Crippen LogP contribution in [-0.4, -0.2) is 38.9 Å². The van der Waals surface area contributed by atoms with Crippen LogP contribution in [0.2, 0.25) is 0 Å². The van der Waals surface area contributed by atoms with Gasteiger partial charge < -0.3 is 0 Å². The molecule has 2 aliphatic rings. The summed E-state index contributed by atoms with van der Waals surface area (Å²) < 4.78 is 79.5. The number of hydrogen-bond acceptors (Lipinski definition) is 3. The molecule has 31 heavy (non-hydrogen) atoms. The summed E-state index contributed by atoms with van der Waals surface area (Å²) >= 11 is 0. The minimum absolute atomic E-state index is 0.0611. The van der Waals surface area contributed by atoms with E-state index in [1.165, 1.54) is 4.68 Å². The number of pyridine rings is 1. The molecule has 170 valence electrons. The van der Waals surface area contributed by atoms with Gasteiger partial charge in [0.2, 0.25) is 0 Å². The van der Waals surface area contributed by atoms with E-state index >= 15 is 0 Å². The SMILES string of the molecule is FC(F)(F)c1ccnc(-n2cc(CN3CCC(C(F)(F)F)CC3)c(C3CCCC3)n2)c1. The van der Waals surface area contributed by atoms with E-state index in [0.29, 0.717) is 19.6 Å². The van der Waals surface area contributed by atoms with Crippen molar-refractivity contribution in [2.24, 2.45) is 5.92 Å². The fraction of sp³-hybridized carbons (Fsp3) is 0.619. The smallest absolute Gasteiger partial charge is 0.299 e. The van der Waals surface area contributed by atoms with E-state index < -0.39 is 23.8 Å². The maximum absolute atomic E-state index is 13.1. The van der Waals surface area contributed by atoms with Gasteiger partial charge in [0.1, 0.15) is 0 Å². The van der Waals surface area contributed by atoms with E-state index in [2.05, 4.69) is 10.1 Å². The van der Waals surface area contributed by atoms with Crippen molar-refractivity contribution in [3.05, 3.63) is 41.3 Å². The second-order valence-corrected chi connectivity index (χ2v) is 8.46. The maximum atomic E-state index is 13.1. The van der Waals surface area contributed by atoms with Gasteiger partial charge in [0.15, 0.2) is 5.82 Å². The summed E-state index contributed by atoms with van der Waals surface area (Å²) in [6.07, 6.45) is -1.69. The summed E-state index contributed by atoms with van der Waals surface area (Å²) in [6.45, 7) is 1.11. The van der Waals surface area contributed by atoms with Crippen LogP contribution >= 0.6 is 0 Å². The minimum Gasteiger partial charge on any atom is -0.299 e. The average Bonchev–Trinajstić information content (AvgIpc) is 3.37. The van der Waals surface area contributed by atoms with Crippen LogP contribution in [0.4, 0.5) is 26.3 Å². The summed E-state index contributed by atoms with van der Waals surface area (Å²) in [4.78, 5) is 6.02. The van der Waals surface area contributed by atoms with Gasteiger partial charge in [-0.05, 0) is 50.9 Å². The lowest BCUT2D eigenvalue weighted by Crippen LogP contribution is -2.38.